The van der Waals surface area contributed by atoms with Gasteiger partial charge in [-0.3, -0.25) is 14.5 Å². The Kier molecular flexibility index (Phi) is 4.66. The average molecular weight is 237 g/mol. The van der Waals surface area contributed by atoms with Gasteiger partial charge in [-0.2, -0.15) is 0 Å². The van der Waals surface area contributed by atoms with Crippen LogP contribution in [0.1, 0.15) is 18.5 Å². The van der Waals surface area contributed by atoms with Crippen molar-refractivity contribution in [1.29, 1.82) is 0 Å². The fourth-order valence-electron chi connectivity index (χ4n) is 1.62. The summed E-state index contributed by atoms with van der Waals surface area (Å²) in [6, 6.07) is 8.98. The third kappa shape index (κ3) is 4.24. The molecule has 0 aromatic heterocycles. The molecule has 0 saturated heterocycles. The minimum atomic E-state index is -1.03. The van der Waals surface area contributed by atoms with Gasteiger partial charge in [0.15, 0.2) is 0 Å². The minimum Gasteiger partial charge on any atom is -0.480 e. The number of benzene rings is 1. The van der Waals surface area contributed by atoms with Crippen LogP contribution in [0.3, 0.4) is 0 Å². The third-order valence-electron chi connectivity index (χ3n) is 2.51. The first-order valence-corrected chi connectivity index (χ1v) is 5.23. The van der Waals surface area contributed by atoms with Crippen LogP contribution in [0, 0.1) is 0 Å². The molecule has 0 aliphatic rings. The number of aliphatic carboxylic acids is 2. The molecule has 17 heavy (non-hydrogen) atoms. The first-order chi connectivity index (χ1) is 8.00. The number of hydrogen-bond donors (Lipinski definition) is 2. The Bertz CT molecular complexity index is 375. The maximum atomic E-state index is 10.7. The Hall–Kier alpha value is -1.88. The van der Waals surface area contributed by atoms with Crippen LogP contribution in [0.4, 0.5) is 0 Å². The molecule has 1 aromatic rings. The lowest BCUT2D eigenvalue weighted by atomic mass is 10.1. The molecule has 0 aliphatic carbocycles. The Morgan fingerprint density at radius 2 is 1.59 bits per heavy atom. The summed E-state index contributed by atoms with van der Waals surface area (Å²) in [5.41, 5.74) is 0.898. The zero-order valence-corrected chi connectivity index (χ0v) is 9.54. The van der Waals surface area contributed by atoms with Crippen LogP contribution in [0.25, 0.3) is 0 Å². The number of hydrogen-bond acceptors (Lipinski definition) is 3. The molecule has 0 spiro atoms. The Balaban J connectivity index is 2.82. The molecule has 0 aliphatic heterocycles. The molecule has 92 valence electrons. The molecule has 0 bridgehead atoms. The number of rotatable bonds is 6. The molecule has 1 aromatic carbocycles. The molecule has 2 N–H and O–H groups in total. The molecular formula is C12H15NO4. The smallest absolute Gasteiger partial charge is 0.317 e. The average Bonchev–Trinajstić information content (AvgIpc) is 2.27. The highest BCUT2D eigenvalue weighted by Crippen LogP contribution is 2.19. The summed E-state index contributed by atoms with van der Waals surface area (Å²) in [5, 5.41) is 17.5. The van der Waals surface area contributed by atoms with Gasteiger partial charge in [0.1, 0.15) is 0 Å². The predicted molar refractivity (Wildman–Crippen MR) is 61.7 cm³/mol. The highest BCUT2D eigenvalue weighted by molar-refractivity contribution is 5.72. The van der Waals surface area contributed by atoms with E-state index in [1.54, 1.807) is 6.92 Å². The largest absolute Gasteiger partial charge is 0.480 e. The summed E-state index contributed by atoms with van der Waals surface area (Å²) in [7, 11) is 0. The first-order valence-electron chi connectivity index (χ1n) is 5.23. The van der Waals surface area contributed by atoms with Crippen molar-refractivity contribution in [2.24, 2.45) is 0 Å². The van der Waals surface area contributed by atoms with E-state index in [2.05, 4.69) is 0 Å². The Morgan fingerprint density at radius 1 is 1.12 bits per heavy atom. The van der Waals surface area contributed by atoms with Crippen molar-refractivity contribution in [1.82, 2.24) is 4.90 Å². The molecule has 1 unspecified atom stereocenters. The summed E-state index contributed by atoms with van der Waals surface area (Å²) in [6.07, 6.45) is 0. The molecule has 5 heteroatoms. The lowest BCUT2D eigenvalue weighted by Crippen LogP contribution is -2.36. The molecule has 1 atom stereocenters. The van der Waals surface area contributed by atoms with E-state index in [0.717, 1.165) is 5.56 Å². The van der Waals surface area contributed by atoms with Gasteiger partial charge in [-0.15, -0.1) is 0 Å². The molecule has 0 amide bonds. The SMILES string of the molecule is CC(c1ccccc1)N(CC(=O)O)CC(=O)O. The van der Waals surface area contributed by atoms with Crippen LogP contribution in [-0.4, -0.2) is 40.1 Å². The molecule has 0 radical (unpaired) electrons. The number of nitrogens with zero attached hydrogens (tertiary/aromatic N) is 1. The summed E-state index contributed by atoms with van der Waals surface area (Å²) in [6.45, 7) is 1.21. The van der Waals surface area contributed by atoms with Gasteiger partial charge in [0.25, 0.3) is 0 Å². The van der Waals surface area contributed by atoms with Crippen molar-refractivity contribution in [3.8, 4) is 0 Å². The van der Waals surface area contributed by atoms with Crippen LogP contribution in [0.2, 0.25) is 0 Å². The molecular weight excluding hydrogens is 222 g/mol. The monoisotopic (exact) mass is 237 g/mol. The maximum absolute atomic E-state index is 10.7. The summed E-state index contributed by atoms with van der Waals surface area (Å²) in [5.74, 6) is -2.07. The van der Waals surface area contributed by atoms with Crippen LogP contribution < -0.4 is 0 Å². The van der Waals surface area contributed by atoms with Gasteiger partial charge in [-0.1, -0.05) is 30.3 Å². The van der Waals surface area contributed by atoms with Gasteiger partial charge < -0.3 is 10.2 Å². The second-order valence-electron chi connectivity index (χ2n) is 3.78. The van der Waals surface area contributed by atoms with Crippen molar-refractivity contribution < 1.29 is 19.8 Å². The zero-order valence-electron chi connectivity index (χ0n) is 9.54. The van der Waals surface area contributed by atoms with Crippen LogP contribution in [0.15, 0.2) is 30.3 Å². The Labute approximate surface area is 99.3 Å². The van der Waals surface area contributed by atoms with Gasteiger partial charge in [0.2, 0.25) is 0 Å². The molecule has 5 nitrogen and oxygen atoms in total. The highest BCUT2D eigenvalue weighted by Gasteiger charge is 2.20. The summed E-state index contributed by atoms with van der Waals surface area (Å²) < 4.78 is 0. The standard InChI is InChI=1S/C12H15NO4/c1-9(10-5-3-2-4-6-10)13(7-11(14)15)8-12(16)17/h2-6,9H,7-8H2,1H3,(H,14,15)(H,16,17). The van der Waals surface area contributed by atoms with Crippen molar-refractivity contribution >= 4 is 11.9 Å². The van der Waals surface area contributed by atoms with Gasteiger partial charge in [-0.25, -0.2) is 0 Å². The van der Waals surface area contributed by atoms with Gasteiger partial charge in [0, 0.05) is 6.04 Å². The lowest BCUT2D eigenvalue weighted by molar-refractivity contribution is -0.142. The minimum absolute atomic E-state index is 0.247. The predicted octanol–water partition coefficient (Wildman–Crippen LogP) is 1.22. The van der Waals surface area contributed by atoms with Crippen LogP contribution >= 0.6 is 0 Å². The van der Waals surface area contributed by atoms with E-state index in [4.69, 9.17) is 10.2 Å². The van der Waals surface area contributed by atoms with Gasteiger partial charge in [-0.05, 0) is 12.5 Å². The van der Waals surface area contributed by atoms with E-state index in [-0.39, 0.29) is 19.1 Å². The third-order valence-corrected chi connectivity index (χ3v) is 2.51. The van der Waals surface area contributed by atoms with Crippen LogP contribution in [-0.2, 0) is 9.59 Å². The number of carboxylic acids is 2. The van der Waals surface area contributed by atoms with Crippen molar-refractivity contribution in [2.45, 2.75) is 13.0 Å². The van der Waals surface area contributed by atoms with E-state index in [1.165, 1.54) is 4.90 Å². The van der Waals surface area contributed by atoms with E-state index >= 15 is 0 Å². The molecule has 0 heterocycles. The fraction of sp³-hybridized carbons (Fsp3) is 0.333. The number of carbonyl (C=O) groups is 2. The van der Waals surface area contributed by atoms with Gasteiger partial charge in [0.05, 0.1) is 13.1 Å². The topological polar surface area (TPSA) is 77.8 Å². The molecule has 0 fully saturated rings. The van der Waals surface area contributed by atoms with Crippen molar-refractivity contribution in [2.75, 3.05) is 13.1 Å². The van der Waals surface area contributed by atoms with E-state index in [0.29, 0.717) is 0 Å². The van der Waals surface area contributed by atoms with Gasteiger partial charge >= 0.3 is 11.9 Å². The number of carboxylic acid groups (broad SMARTS) is 2. The first kappa shape index (κ1) is 13.2. The second-order valence-corrected chi connectivity index (χ2v) is 3.78. The zero-order chi connectivity index (χ0) is 12.8. The summed E-state index contributed by atoms with van der Waals surface area (Å²) >= 11 is 0. The quantitative estimate of drug-likeness (QED) is 0.777. The van der Waals surface area contributed by atoms with E-state index in [9.17, 15) is 9.59 Å². The van der Waals surface area contributed by atoms with Crippen molar-refractivity contribution in [3.05, 3.63) is 35.9 Å². The second kappa shape index (κ2) is 6.00. The lowest BCUT2D eigenvalue weighted by Gasteiger charge is -2.26. The van der Waals surface area contributed by atoms with Crippen molar-refractivity contribution in [3.63, 3.8) is 0 Å². The fourth-order valence-corrected chi connectivity index (χ4v) is 1.62. The van der Waals surface area contributed by atoms with E-state index < -0.39 is 11.9 Å². The summed E-state index contributed by atoms with van der Waals surface area (Å²) in [4.78, 5) is 22.8. The molecule has 0 saturated carbocycles. The highest BCUT2D eigenvalue weighted by atomic mass is 16.4. The van der Waals surface area contributed by atoms with E-state index in [1.807, 2.05) is 30.3 Å². The Morgan fingerprint density at radius 3 is 2.00 bits per heavy atom. The van der Waals surface area contributed by atoms with Crippen LogP contribution in [0.5, 0.6) is 0 Å². The normalized spacial score (nSPS) is 12.4. The maximum Gasteiger partial charge on any atom is 0.317 e. The molecule has 1 rings (SSSR count).